The number of phosphoric acid groups is 2. The van der Waals surface area contributed by atoms with Crippen LogP contribution < -0.4 is 0 Å². The van der Waals surface area contributed by atoms with Crippen molar-refractivity contribution in [1.29, 1.82) is 0 Å². The number of carbonyl (C=O) groups excluding carboxylic acids is 4. The first-order valence-corrected chi connectivity index (χ1v) is 35.8. The van der Waals surface area contributed by atoms with Crippen LogP contribution in [0.25, 0.3) is 0 Å². The molecule has 0 amide bonds. The Hall–Kier alpha value is -1.94. The van der Waals surface area contributed by atoms with E-state index in [1.807, 2.05) is 0 Å². The van der Waals surface area contributed by atoms with E-state index in [2.05, 4.69) is 48.5 Å². The molecular formula is C63H122O17P2. The van der Waals surface area contributed by atoms with E-state index in [-0.39, 0.29) is 25.7 Å². The summed E-state index contributed by atoms with van der Waals surface area (Å²) in [5.41, 5.74) is 0. The molecule has 5 atom stereocenters. The van der Waals surface area contributed by atoms with Crippen LogP contribution in [0, 0.1) is 17.8 Å². The van der Waals surface area contributed by atoms with Gasteiger partial charge in [-0.1, -0.05) is 254 Å². The van der Waals surface area contributed by atoms with Gasteiger partial charge in [-0.2, -0.15) is 0 Å². The molecule has 3 N–H and O–H groups in total. The first-order valence-electron chi connectivity index (χ1n) is 32.8. The minimum Gasteiger partial charge on any atom is -0.462 e. The number of rotatable bonds is 61. The molecule has 82 heavy (non-hydrogen) atoms. The Labute approximate surface area is 498 Å². The summed E-state index contributed by atoms with van der Waals surface area (Å²) >= 11 is 0. The van der Waals surface area contributed by atoms with Crippen LogP contribution in [0.5, 0.6) is 0 Å². The highest BCUT2D eigenvalue weighted by Gasteiger charge is 2.30. The van der Waals surface area contributed by atoms with Crippen molar-refractivity contribution in [3.05, 3.63) is 0 Å². The van der Waals surface area contributed by atoms with Crippen molar-refractivity contribution >= 4 is 39.5 Å². The van der Waals surface area contributed by atoms with Gasteiger partial charge in [-0.25, -0.2) is 9.13 Å². The maximum Gasteiger partial charge on any atom is 0.472 e. The van der Waals surface area contributed by atoms with E-state index >= 15 is 0 Å². The second kappa shape index (κ2) is 54.5. The average molecular weight is 1210 g/mol. The van der Waals surface area contributed by atoms with Gasteiger partial charge in [-0.15, -0.1) is 0 Å². The molecule has 0 aromatic heterocycles. The highest BCUT2D eigenvalue weighted by atomic mass is 31.2. The smallest absolute Gasteiger partial charge is 0.462 e. The van der Waals surface area contributed by atoms with E-state index in [4.69, 9.17) is 37.0 Å². The second-order valence-electron chi connectivity index (χ2n) is 24.2. The van der Waals surface area contributed by atoms with Gasteiger partial charge in [0.25, 0.3) is 0 Å². The minimum absolute atomic E-state index is 0.101. The minimum atomic E-state index is -4.94. The zero-order valence-corrected chi connectivity index (χ0v) is 54.7. The zero-order chi connectivity index (χ0) is 61.0. The lowest BCUT2D eigenvalue weighted by Crippen LogP contribution is -2.30. The molecule has 486 valence electrons. The van der Waals surface area contributed by atoms with E-state index in [1.54, 1.807) is 0 Å². The van der Waals surface area contributed by atoms with Gasteiger partial charge in [0.1, 0.15) is 19.3 Å². The van der Waals surface area contributed by atoms with Crippen molar-refractivity contribution in [3.63, 3.8) is 0 Å². The number of carbonyl (C=O) groups is 4. The fourth-order valence-electron chi connectivity index (χ4n) is 9.30. The van der Waals surface area contributed by atoms with Crippen LogP contribution in [0.2, 0.25) is 0 Å². The molecule has 0 fully saturated rings. The van der Waals surface area contributed by atoms with Crippen LogP contribution in [-0.4, -0.2) is 96.7 Å². The molecular weight excluding hydrogens is 1090 g/mol. The predicted molar refractivity (Wildman–Crippen MR) is 326 cm³/mol. The fraction of sp³-hybridized carbons (Fsp3) is 0.937. The number of aliphatic hydroxyl groups excluding tert-OH is 1. The molecule has 0 bridgehead atoms. The number of hydrogen-bond acceptors (Lipinski definition) is 15. The van der Waals surface area contributed by atoms with Gasteiger partial charge in [-0.3, -0.25) is 37.3 Å². The summed E-state index contributed by atoms with van der Waals surface area (Å²) in [6, 6.07) is 0. The summed E-state index contributed by atoms with van der Waals surface area (Å²) in [5.74, 6) is 0.0353. The third-order valence-corrected chi connectivity index (χ3v) is 16.3. The Bertz CT molecular complexity index is 1630. The Kier molecular flexibility index (Phi) is 53.2. The molecule has 0 aromatic carbocycles. The zero-order valence-electron chi connectivity index (χ0n) is 52.9. The second-order valence-corrected chi connectivity index (χ2v) is 27.1. The SMILES string of the molecule is CCCCCCCCCC(=O)OC[C@H](COP(=O)(O)OC[C@H](O)COP(=O)(O)OC[C@@H](COC(=O)CCCCCCCCCCCCC(C)C)OC(=O)CCCCCCCCCCCCC(C)C)OC(=O)CCCCCCCCC(C)C. The molecule has 0 spiro atoms. The molecule has 0 aliphatic rings. The molecule has 0 rings (SSSR count). The van der Waals surface area contributed by atoms with Gasteiger partial charge in [0.15, 0.2) is 12.2 Å². The van der Waals surface area contributed by atoms with E-state index in [9.17, 15) is 43.2 Å². The van der Waals surface area contributed by atoms with Crippen LogP contribution in [0.1, 0.15) is 305 Å². The number of aliphatic hydroxyl groups is 1. The molecule has 0 radical (unpaired) electrons. The van der Waals surface area contributed by atoms with Crippen molar-refractivity contribution in [2.75, 3.05) is 39.6 Å². The maximum atomic E-state index is 13.0. The summed E-state index contributed by atoms with van der Waals surface area (Å²) in [6.45, 7) is 11.6. The lowest BCUT2D eigenvalue weighted by molar-refractivity contribution is -0.161. The largest absolute Gasteiger partial charge is 0.472 e. The average Bonchev–Trinajstić information content (AvgIpc) is 3.43. The first-order chi connectivity index (χ1) is 39.2. The molecule has 0 heterocycles. The van der Waals surface area contributed by atoms with E-state index in [0.29, 0.717) is 31.6 Å². The molecule has 0 aromatic rings. The van der Waals surface area contributed by atoms with Gasteiger partial charge in [0.05, 0.1) is 26.4 Å². The third-order valence-electron chi connectivity index (χ3n) is 14.4. The molecule has 0 saturated carbocycles. The number of esters is 4. The number of unbranched alkanes of at least 4 members (excludes halogenated alkanes) is 29. The van der Waals surface area contributed by atoms with Crippen molar-refractivity contribution < 1.29 is 80.2 Å². The lowest BCUT2D eigenvalue weighted by atomic mass is 10.0. The summed E-state index contributed by atoms with van der Waals surface area (Å²) in [4.78, 5) is 72.0. The van der Waals surface area contributed by atoms with Crippen molar-refractivity contribution in [1.82, 2.24) is 0 Å². The normalized spacial score (nSPS) is 14.4. The monoisotopic (exact) mass is 1210 g/mol. The van der Waals surface area contributed by atoms with Crippen LogP contribution in [-0.2, 0) is 65.4 Å². The van der Waals surface area contributed by atoms with Crippen LogP contribution in [0.15, 0.2) is 0 Å². The molecule has 19 heteroatoms. The van der Waals surface area contributed by atoms with Gasteiger partial charge >= 0.3 is 39.5 Å². The van der Waals surface area contributed by atoms with E-state index in [1.165, 1.54) is 103 Å². The van der Waals surface area contributed by atoms with Crippen LogP contribution >= 0.6 is 15.6 Å². The maximum absolute atomic E-state index is 13.0. The fourth-order valence-corrected chi connectivity index (χ4v) is 10.9. The van der Waals surface area contributed by atoms with Crippen molar-refractivity contribution in [2.45, 2.75) is 324 Å². The lowest BCUT2D eigenvalue weighted by Gasteiger charge is -2.21. The third kappa shape index (κ3) is 57.2. The first kappa shape index (κ1) is 80.1. The standard InChI is InChI=1S/C63H122O17P2/c1-8-9-10-11-20-30-37-44-60(65)73-50-59(80-63(68)47-40-33-26-25-29-36-43-56(6)7)53-78-82(71,72)76-49-57(64)48-75-81(69,70)77-52-58(79-62(67)46-39-32-24-19-15-13-17-22-28-35-42-55(4)5)51-74-61(66)45-38-31-23-18-14-12-16-21-27-34-41-54(2)3/h54-59,64H,8-53H2,1-7H3,(H,69,70)(H,71,72)/t57-,58-,59-/m1/s1. The summed E-state index contributed by atoms with van der Waals surface area (Å²) < 4.78 is 67.8. The Morgan fingerprint density at radius 3 is 0.829 bits per heavy atom. The Balaban J connectivity index is 5.22. The topological polar surface area (TPSA) is 237 Å². The predicted octanol–water partition coefficient (Wildman–Crippen LogP) is 17.1. The molecule has 0 aliphatic heterocycles. The summed E-state index contributed by atoms with van der Waals surface area (Å²) in [6.07, 6.45) is 35.1. The number of hydrogen-bond donors (Lipinski definition) is 3. The van der Waals surface area contributed by atoms with Gasteiger partial charge in [0, 0.05) is 25.7 Å². The molecule has 17 nitrogen and oxygen atoms in total. The summed E-state index contributed by atoms with van der Waals surface area (Å²) in [7, 11) is -9.88. The Morgan fingerprint density at radius 2 is 0.561 bits per heavy atom. The van der Waals surface area contributed by atoms with Crippen molar-refractivity contribution in [3.8, 4) is 0 Å². The van der Waals surface area contributed by atoms with Crippen molar-refractivity contribution in [2.24, 2.45) is 17.8 Å². The van der Waals surface area contributed by atoms with E-state index < -0.39 is 97.5 Å². The number of phosphoric ester groups is 2. The van der Waals surface area contributed by atoms with Gasteiger partial charge in [0.2, 0.25) is 0 Å². The summed E-state index contributed by atoms with van der Waals surface area (Å²) in [5, 5.41) is 10.5. The van der Waals surface area contributed by atoms with Gasteiger partial charge < -0.3 is 33.8 Å². The van der Waals surface area contributed by atoms with Gasteiger partial charge in [-0.05, 0) is 43.4 Å². The highest BCUT2D eigenvalue weighted by Crippen LogP contribution is 2.45. The van der Waals surface area contributed by atoms with E-state index in [0.717, 1.165) is 115 Å². The number of ether oxygens (including phenoxy) is 4. The van der Waals surface area contributed by atoms with Crippen LogP contribution in [0.4, 0.5) is 0 Å². The molecule has 0 saturated heterocycles. The Morgan fingerprint density at radius 1 is 0.329 bits per heavy atom. The van der Waals surface area contributed by atoms with Crippen LogP contribution in [0.3, 0.4) is 0 Å². The molecule has 2 unspecified atom stereocenters. The highest BCUT2D eigenvalue weighted by molar-refractivity contribution is 7.47. The quantitative estimate of drug-likeness (QED) is 0.0222. The molecule has 0 aliphatic carbocycles.